The van der Waals surface area contributed by atoms with Gasteiger partial charge in [0.15, 0.2) is 0 Å². The minimum Gasteiger partial charge on any atom is -0.491 e. The summed E-state index contributed by atoms with van der Waals surface area (Å²) < 4.78 is 5.63. The Hall–Kier alpha value is -2.76. The molecule has 6 heteroatoms. The van der Waals surface area contributed by atoms with Crippen LogP contribution in [0.5, 0.6) is 5.75 Å². The van der Waals surface area contributed by atoms with E-state index < -0.39 is 0 Å². The number of nitrogens with zero attached hydrogens (tertiary/aromatic N) is 2. The molecule has 0 aliphatic carbocycles. The number of rotatable bonds is 6. The van der Waals surface area contributed by atoms with Crippen molar-refractivity contribution in [2.45, 2.75) is 32.8 Å². The highest BCUT2D eigenvalue weighted by Gasteiger charge is 2.24. The number of nitrogens with one attached hydrogen (secondary N) is 1. The van der Waals surface area contributed by atoms with Crippen molar-refractivity contribution in [1.29, 1.82) is 0 Å². The molecule has 6 nitrogen and oxygen atoms in total. The van der Waals surface area contributed by atoms with Crippen LogP contribution in [0.4, 0.5) is 0 Å². The third-order valence-corrected chi connectivity index (χ3v) is 4.65. The van der Waals surface area contributed by atoms with Gasteiger partial charge in [-0.25, -0.2) is 0 Å². The van der Waals surface area contributed by atoms with Gasteiger partial charge in [-0.3, -0.25) is 9.59 Å². The van der Waals surface area contributed by atoms with E-state index in [9.17, 15) is 9.59 Å². The van der Waals surface area contributed by atoms with Crippen LogP contribution in [0, 0.1) is 0 Å². The van der Waals surface area contributed by atoms with Gasteiger partial charge in [-0.2, -0.15) is 0 Å². The lowest BCUT2D eigenvalue weighted by Gasteiger charge is -2.35. The normalized spacial score (nSPS) is 14.5. The zero-order valence-corrected chi connectivity index (χ0v) is 16.0. The van der Waals surface area contributed by atoms with Crippen LogP contribution in [0.25, 0.3) is 0 Å². The highest BCUT2D eigenvalue weighted by atomic mass is 16.5. The number of aromatic nitrogens is 1. The molecule has 0 spiro atoms. The van der Waals surface area contributed by atoms with E-state index in [0.717, 1.165) is 16.9 Å². The van der Waals surface area contributed by atoms with Crippen molar-refractivity contribution in [3.05, 3.63) is 53.9 Å². The Morgan fingerprint density at radius 3 is 1.96 bits per heavy atom. The fourth-order valence-corrected chi connectivity index (χ4v) is 3.20. The summed E-state index contributed by atoms with van der Waals surface area (Å²) in [6.07, 6.45) is 4.57. The van der Waals surface area contributed by atoms with Gasteiger partial charge in [-0.05, 0) is 43.2 Å². The number of benzene rings is 1. The number of amides is 2. The molecule has 27 heavy (non-hydrogen) atoms. The molecule has 0 atom stereocenters. The Balaban J connectivity index is 1.46. The molecular weight excluding hydrogens is 342 g/mol. The van der Waals surface area contributed by atoms with E-state index in [4.69, 9.17) is 4.74 Å². The molecule has 1 aliphatic rings. The topological polar surface area (TPSA) is 65.6 Å². The predicted molar refractivity (Wildman–Crippen MR) is 104 cm³/mol. The second-order valence-electron chi connectivity index (χ2n) is 7.14. The third-order valence-electron chi connectivity index (χ3n) is 4.65. The van der Waals surface area contributed by atoms with Gasteiger partial charge in [0.25, 0.3) is 0 Å². The van der Waals surface area contributed by atoms with E-state index in [2.05, 4.69) is 4.98 Å². The zero-order chi connectivity index (χ0) is 19.2. The zero-order valence-electron chi connectivity index (χ0n) is 16.0. The molecular formula is C21H27N3O3. The summed E-state index contributed by atoms with van der Waals surface area (Å²) in [5.74, 6) is 1.03. The van der Waals surface area contributed by atoms with Gasteiger partial charge in [0.1, 0.15) is 5.75 Å². The van der Waals surface area contributed by atoms with Crippen LogP contribution in [-0.4, -0.2) is 58.9 Å². The van der Waals surface area contributed by atoms with Crippen molar-refractivity contribution < 1.29 is 14.3 Å². The highest BCUT2D eigenvalue weighted by molar-refractivity contribution is 5.81. The average Bonchev–Trinajstić information content (AvgIpc) is 3.16. The summed E-state index contributed by atoms with van der Waals surface area (Å²) in [4.78, 5) is 31.5. The van der Waals surface area contributed by atoms with Crippen molar-refractivity contribution in [3.63, 3.8) is 0 Å². The first-order chi connectivity index (χ1) is 13.0. The lowest BCUT2D eigenvalue weighted by Crippen LogP contribution is -2.51. The molecule has 1 fully saturated rings. The summed E-state index contributed by atoms with van der Waals surface area (Å²) in [5.41, 5.74) is 1.96. The Bertz CT molecular complexity index is 745. The van der Waals surface area contributed by atoms with Crippen LogP contribution in [0.2, 0.25) is 0 Å². The predicted octanol–water partition coefficient (Wildman–Crippen LogP) is 2.26. The fourth-order valence-electron chi connectivity index (χ4n) is 3.20. The Labute approximate surface area is 160 Å². The molecule has 3 rings (SSSR count). The summed E-state index contributed by atoms with van der Waals surface area (Å²) in [5, 5.41) is 0. The average molecular weight is 369 g/mol. The minimum absolute atomic E-state index is 0.102. The number of carbonyl (C=O) groups excluding carboxylic acids is 2. The van der Waals surface area contributed by atoms with Gasteiger partial charge < -0.3 is 19.5 Å². The summed E-state index contributed by atoms with van der Waals surface area (Å²) >= 11 is 0. The fraction of sp³-hybridized carbons (Fsp3) is 0.429. The highest BCUT2D eigenvalue weighted by Crippen LogP contribution is 2.15. The summed E-state index contributed by atoms with van der Waals surface area (Å²) in [7, 11) is 0. The number of hydrogen-bond donors (Lipinski definition) is 1. The molecule has 0 saturated carbocycles. The molecule has 0 radical (unpaired) electrons. The molecule has 0 unspecified atom stereocenters. The molecule has 2 heterocycles. The largest absolute Gasteiger partial charge is 0.491 e. The minimum atomic E-state index is 0.102. The molecule has 2 amide bonds. The van der Waals surface area contributed by atoms with Crippen molar-refractivity contribution >= 4 is 11.8 Å². The van der Waals surface area contributed by atoms with Gasteiger partial charge >= 0.3 is 0 Å². The van der Waals surface area contributed by atoms with E-state index in [1.165, 1.54) is 0 Å². The third kappa shape index (κ3) is 5.36. The van der Waals surface area contributed by atoms with Crippen LogP contribution in [0.3, 0.4) is 0 Å². The van der Waals surface area contributed by atoms with E-state index in [-0.39, 0.29) is 17.9 Å². The number of carbonyl (C=O) groups is 2. The molecule has 0 bridgehead atoms. The molecule has 2 aromatic rings. The Kier molecular flexibility index (Phi) is 6.16. The van der Waals surface area contributed by atoms with Crippen LogP contribution in [-0.2, 0) is 22.4 Å². The van der Waals surface area contributed by atoms with E-state index in [1.807, 2.05) is 66.4 Å². The molecule has 1 aromatic carbocycles. The van der Waals surface area contributed by atoms with Crippen molar-refractivity contribution in [2.24, 2.45) is 0 Å². The number of piperazine rings is 1. The van der Waals surface area contributed by atoms with Crippen molar-refractivity contribution in [1.82, 2.24) is 14.8 Å². The van der Waals surface area contributed by atoms with E-state index in [0.29, 0.717) is 39.0 Å². The maximum atomic E-state index is 12.6. The second-order valence-corrected chi connectivity index (χ2v) is 7.14. The lowest BCUT2D eigenvalue weighted by atomic mass is 10.1. The van der Waals surface area contributed by atoms with Crippen LogP contribution < -0.4 is 4.74 Å². The second kappa shape index (κ2) is 8.75. The molecule has 144 valence electrons. The van der Waals surface area contributed by atoms with Gasteiger partial charge in [-0.15, -0.1) is 0 Å². The van der Waals surface area contributed by atoms with Crippen molar-refractivity contribution in [2.75, 3.05) is 26.2 Å². The maximum absolute atomic E-state index is 12.6. The standard InChI is InChI=1S/C21H27N3O3/c1-16(2)27-19-5-3-17(4-6-19)13-20(25)23-9-11-24(12-10-23)21(26)14-18-7-8-22-15-18/h3-8,15-16,22H,9-14H2,1-2H3. The molecule has 1 saturated heterocycles. The Morgan fingerprint density at radius 2 is 1.48 bits per heavy atom. The molecule has 1 aliphatic heterocycles. The van der Waals surface area contributed by atoms with Crippen molar-refractivity contribution in [3.8, 4) is 5.75 Å². The SMILES string of the molecule is CC(C)Oc1ccc(CC(=O)N2CCN(C(=O)Cc3cc[nH]c3)CC2)cc1. The molecule has 1 N–H and O–H groups in total. The molecule has 1 aromatic heterocycles. The first-order valence-corrected chi connectivity index (χ1v) is 9.44. The number of hydrogen-bond acceptors (Lipinski definition) is 3. The summed E-state index contributed by atoms with van der Waals surface area (Å²) in [6.45, 7) is 6.34. The van der Waals surface area contributed by atoms with E-state index in [1.54, 1.807) is 0 Å². The van der Waals surface area contributed by atoms with Crippen LogP contribution >= 0.6 is 0 Å². The smallest absolute Gasteiger partial charge is 0.227 e. The van der Waals surface area contributed by atoms with E-state index >= 15 is 0 Å². The number of H-pyrrole nitrogens is 1. The van der Waals surface area contributed by atoms with Gasteiger partial charge in [0.05, 0.1) is 18.9 Å². The van der Waals surface area contributed by atoms with Gasteiger partial charge in [0.2, 0.25) is 11.8 Å². The quantitative estimate of drug-likeness (QED) is 0.849. The maximum Gasteiger partial charge on any atom is 0.227 e. The summed E-state index contributed by atoms with van der Waals surface area (Å²) in [6, 6.07) is 9.59. The van der Waals surface area contributed by atoms with Crippen LogP contribution in [0.15, 0.2) is 42.7 Å². The lowest BCUT2D eigenvalue weighted by molar-refractivity contribution is -0.138. The van der Waals surface area contributed by atoms with Gasteiger partial charge in [0, 0.05) is 38.6 Å². The first kappa shape index (κ1) is 19.0. The first-order valence-electron chi connectivity index (χ1n) is 9.44. The number of ether oxygens (including phenoxy) is 1. The monoisotopic (exact) mass is 369 g/mol. The number of aromatic amines is 1. The Morgan fingerprint density at radius 1 is 0.926 bits per heavy atom. The van der Waals surface area contributed by atoms with Gasteiger partial charge in [-0.1, -0.05) is 12.1 Å². The van der Waals surface area contributed by atoms with Crippen LogP contribution in [0.1, 0.15) is 25.0 Å².